The van der Waals surface area contributed by atoms with E-state index in [-0.39, 0.29) is 5.91 Å². The second-order valence-electron chi connectivity index (χ2n) is 4.94. The highest BCUT2D eigenvalue weighted by atomic mass is 32.2. The standard InChI is InChI=1S/C18H21NO2S/c1-4-21-17-8-6-5-7-16(17)18(20)19(2)13-14-9-11-15(22-3)12-10-14/h5-12H,4,13H2,1-3H3. The van der Waals surface area contributed by atoms with Crippen LogP contribution in [0.3, 0.4) is 0 Å². The predicted octanol–water partition coefficient (Wildman–Crippen LogP) is 4.08. The summed E-state index contributed by atoms with van der Waals surface area (Å²) in [5.74, 6) is 0.609. The number of ether oxygens (including phenoxy) is 1. The number of nitrogens with zero attached hydrogens (tertiary/aromatic N) is 1. The van der Waals surface area contributed by atoms with Gasteiger partial charge in [0.15, 0.2) is 0 Å². The lowest BCUT2D eigenvalue weighted by Gasteiger charge is -2.19. The third-order valence-electron chi connectivity index (χ3n) is 3.34. The molecule has 0 radical (unpaired) electrons. The van der Waals surface area contributed by atoms with Gasteiger partial charge in [0.2, 0.25) is 0 Å². The van der Waals surface area contributed by atoms with E-state index < -0.39 is 0 Å². The van der Waals surface area contributed by atoms with E-state index in [9.17, 15) is 4.79 Å². The number of hydrogen-bond donors (Lipinski definition) is 0. The molecule has 0 bridgehead atoms. The summed E-state index contributed by atoms with van der Waals surface area (Å²) in [6.45, 7) is 3.04. The highest BCUT2D eigenvalue weighted by Gasteiger charge is 2.16. The Labute approximate surface area is 136 Å². The third kappa shape index (κ3) is 4.04. The molecule has 0 unspecified atom stereocenters. The van der Waals surface area contributed by atoms with Gasteiger partial charge in [-0.3, -0.25) is 4.79 Å². The van der Waals surface area contributed by atoms with Crippen molar-refractivity contribution in [2.75, 3.05) is 19.9 Å². The number of para-hydroxylation sites is 1. The Balaban J connectivity index is 2.11. The zero-order valence-electron chi connectivity index (χ0n) is 13.2. The molecule has 0 aliphatic rings. The maximum atomic E-state index is 12.6. The van der Waals surface area contributed by atoms with E-state index in [0.717, 1.165) is 5.56 Å². The Morgan fingerprint density at radius 2 is 1.82 bits per heavy atom. The first kappa shape index (κ1) is 16.4. The van der Waals surface area contributed by atoms with Crippen LogP contribution in [0.4, 0.5) is 0 Å². The Morgan fingerprint density at radius 1 is 1.14 bits per heavy atom. The van der Waals surface area contributed by atoms with Gasteiger partial charge < -0.3 is 9.64 Å². The zero-order valence-corrected chi connectivity index (χ0v) is 14.0. The van der Waals surface area contributed by atoms with Crippen LogP contribution in [0.1, 0.15) is 22.8 Å². The number of hydrogen-bond acceptors (Lipinski definition) is 3. The lowest BCUT2D eigenvalue weighted by molar-refractivity contribution is 0.0781. The quantitative estimate of drug-likeness (QED) is 0.752. The molecule has 0 fully saturated rings. The molecule has 2 rings (SSSR count). The van der Waals surface area contributed by atoms with Gasteiger partial charge in [-0.1, -0.05) is 24.3 Å². The van der Waals surface area contributed by atoms with E-state index in [4.69, 9.17) is 4.74 Å². The summed E-state index contributed by atoms with van der Waals surface area (Å²) < 4.78 is 5.54. The highest BCUT2D eigenvalue weighted by molar-refractivity contribution is 7.98. The number of benzene rings is 2. The molecule has 0 aliphatic carbocycles. The molecular formula is C18H21NO2S. The summed E-state index contributed by atoms with van der Waals surface area (Å²) in [4.78, 5) is 15.5. The second kappa shape index (κ2) is 7.90. The molecule has 2 aromatic carbocycles. The minimum absolute atomic E-state index is 0.0296. The molecule has 0 aromatic heterocycles. The third-order valence-corrected chi connectivity index (χ3v) is 4.09. The van der Waals surface area contributed by atoms with Gasteiger partial charge in [-0.15, -0.1) is 11.8 Å². The molecule has 116 valence electrons. The lowest BCUT2D eigenvalue weighted by atomic mass is 10.1. The molecule has 0 heterocycles. The van der Waals surface area contributed by atoms with Gasteiger partial charge in [0.25, 0.3) is 5.91 Å². The van der Waals surface area contributed by atoms with Crippen molar-refractivity contribution in [1.29, 1.82) is 0 Å². The Kier molecular flexibility index (Phi) is 5.90. The van der Waals surface area contributed by atoms with Crippen molar-refractivity contribution in [2.24, 2.45) is 0 Å². The number of carbonyl (C=O) groups is 1. The van der Waals surface area contributed by atoms with Gasteiger partial charge in [0, 0.05) is 18.5 Å². The molecule has 1 amide bonds. The monoisotopic (exact) mass is 315 g/mol. The SMILES string of the molecule is CCOc1ccccc1C(=O)N(C)Cc1ccc(SC)cc1. The zero-order chi connectivity index (χ0) is 15.9. The van der Waals surface area contributed by atoms with Crippen LogP contribution >= 0.6 is 11.8 Å². The van der Waals surface area contributed by atoms with E-state index >= 15 is 0 Å². The van der Waals surface area contributed by atoms with Crippen LogP contribution in [-0.2, 0) is 6.54 Å². The normalized spacial score (nSPS) is 10.3. The first-order valence-electron chi connectivity index (χ1n) is 7.26. The van der Waals surface area contributed by atoms with Crippen LogP contribution < -0.4 is 4.74 Å². The second-order valence-corrected chi connectivity index (χ2v) is 5.82. The molecule has 0 aliphatic heterocycles. The minimum Gasteiger partial charge on any atom is -0.493 e. The summed E-state index contributed by atoms with van der Waals surface area (Å²) in [7, 11) is 1.81. The average molecular weight is 315 g/mol. The minimum atomic E-state index is -0.0296. The van der Waals surface area contributed by atoms with Crippen LogP contribution in [-0.4, -0.2) is 30.7 Å². The Bertz CT molecular complexity index is 625. The van der Waals surface area contributed by atoms with E-state index in [2.05, 4.69) is 30.5 Å². The number of thioether (sulfide) groups is 1. The van der Waals surface area contributed by atoms with Crippen molar-refractivity contribution in [1.82, 2.24) is 4.90 Å². The summed E-state index contributed by atoms with van der Waals surface area (Å²) >= 11 is 1.71. The lowest BCUT2D eigenvalue weighted by Crippen LogP contribution is -2.26. The first-order valence-corrected chi connectivity index (χ1v) is 8.48. The van der Waals surface area contributed by atoms with Crippen LogP contribution in [0.5, 0.6) is 5.75 Å². The molecule has 0 atom stereocenters. The predicted molar refractivity (Wildman–Crippen MR) is 91.6 cm³/mol. The fraction of sp³-hybridized carbons (Fsp3) is 0.278. The fourth-order valence-corrected chi connectivity index (χ4v) is 2.62. The van der Waals surface area contributed by atoms with E-state index in [1.54, 1.807) is 22.7 Å². The summed E-state index contributed by atoms with van der Waals surface area (Å²) in [5, 5.41) is 0. The largest absolute Gasteiger partial charge is 0.493 e. The number of amides is 1. The molecular weight excluding hydrogens is 294 g/mol. The van der Waals surface area contributed by atoms with Gasteiger partial charge in [0.05, 0.1) is 12.2 Å². The van der Waals surface area contributed by atoms with Crippen LogP contribution in [0.15, 0.2) is 53.4 Å². The molecule has 2 aromatic rings. The maximum Gasteiger partial charge on any atom is 0.257 e. The van der Waals surface area contributed by atoms with Gasteiger partial charge in [-0.05, 0) is 43.0 Å². The summed E-state index contributed by atoms with van der Waals surface area (Å²) in [5.41, 5.74) is 1.72. The van der Waals surface area contributed by atoms with Crippen molar-refractivity contribution in [2.45, 2.75) is 18.4 Å². The number of carbonyl (C=O) groups excluding carboxylic acids is 1. The first-order chi connectivity index (χ1) is 10.7. The fourth-order valence-electron chi connectivity index (χ4n) is 2.21. The molecule has 0 saturated heterocycles. The van der Waals surface area contributed by atoms with Gasteiger partial charge >= 0.3 is 0 Å². The van der Waals surface area contributed by atoms with Gasteiger partial charge in [0.1, 0.15) is 5.75 Å². The van der Waals surface area contributed by atoms with Gasteiger partial charge in [-0.25, -0.2) is 0 Å². The van der Waals surface area contributed by atoms with Crippen molar-refractivity contribution < 1.29 is 9.53 Å². The van der Waals surface area contributed by atoms with Crippen LogP contribution in [0, 0.1) is 0 Å². The van der Waals surface area contributed by atoms with E-state index in [1.165, 1.54) is 4.90 Å². The van der Waals surface area contributed by atoms with E-state index in [0.29, 0.717) is 24.5 Å². The van der Waals surface area contributed by atoms with Crippen molar-refractivity contribution in [3.63, 3.8) is 0 Å². The molecule has 0 N–H and O–H groups in total. The van der Waals surface area contributed by atoms with Gasteiger partial charge in [-0.2, -0.15) is 0 Å². The van der Waals surface area contributed by atoms with Crippen molar-refractivity contribution in [3.05, 3.63) is 59.7 Å². The Morgan fingerprint density at radius 3 is 2.45 bits per heavy atom. The highest BCUT2D eigenvalue weighted by Crippen LogP contribution is 2.21. The number of rotatable bonds is 6. The smallest absolute Gasteiger partial charge is 0.257 e. The molecule has 3 nitrogen and oxygen atoms in total. The summed E-state index contributed by atoms with van der Waals surface area (Å²) in [6, 6.07) is 15.6. The topological polar surface area (TPSA) is 29.5 Å². The molecule has 0 spiro atoms. The van der Waals surface area contributed by atoms with Crippen LogP contribution in [0.2, 0.25) is 0 Å². The maximum absolute atomic E-state index is 12.6. The summed E-state index contributed by atoms with van der Waals surface area (Å²) in [6.07, 6.45) is 2.05. The molecule has 22 heavy (non-hydrogen) atoms. The van der Waals surface area contributed by atoms with Crippen molar-refractivity contribution in [3.8, 4) is 5.75 Å². The van der Waals surface area contributed by atoms with Crippen LogP contribution in [0.25, 0.3) is 0 Å². The average Bonchev–Trinajstić information content (AvgIpc) is 2.55. The Hall–Kier alpha value is -1.94. The van der Waals surface area contributed by atoms with E-state index in [1.807, 2.05) is 32.2 Å². The van der Waals surface area contributed by atoms with Crippen molar-refractivity contribution >= 4 is 17.7 Å². The molecule has 0 saturated carbocycles. The molecule has 4 heteroatoms.